The van der Waals surface area contributed by atoms with Gasteiger partial charge in [-0.05, 0) is 24.6 Å². The number of hydrogen-bond acceptors (Lipinski definition) is 2. The summed E-state index contributed by atoms with van der Waals surface area (Å²) in [6.45, 7) is 5.47. The average Bonchev–Trinajstić information content (AvgIpc) is 2.82. The van der Waals surface area contributed by atoms with Crippen LogP contribution in [0.4, 0.5) is 0 Å². The van der Waals surface area contributed by atoms with Crippen molar-refractivity contribution in [2.75, 3.05) is 0 Å². The Morgan fingerprint density at radius 2 is 1.90 bits per heavy atom. The minimum atomic E-state index is -0.359. The molecule has 0 aliphatic carbocycles. The van der Waals surface area contributed by atoms with Gasteiger partial charge in [0.05, 0.1) is 0 Å². The second-order valence-electron chi connectivity index (χ2n) is 4.91. The smallest absolute Gasteiger partial charge is 0.333 e. The summed E-state index contributed by atoms with van der Waals surface area (Å²) in [5.74, 6) is -0.359. The summed E-state index contributed by atoms with van der Waals surface area (Å²) in [6.07, 6.45) is 0. The predicted octanol–water partition coefficient (Wildman–Crippen LogP) is 3.94. The van der Waals surface area contributed by atoms with Crippen molar-refractivity contribution in [2.45, 2.75) is 13.5 Å². The lowest BCUT2D eigenvalue weighted by Crippen LogP contribution is -2.04. The first-order chi connectivity index (χ1) is 9.65. The molecule has 0 aliphatic heterocycles. The second kappa shape index (κ2) is 4.85. The van der Waals surface area contributed by atoms with Crippen molar-refractivity contribution in [3.8, 4) is 0 Å². The highest BCUT2D eigenvalue weighted by Gasteiger charge is 2.06. The van der Waals surface area contributed by atoms with Crippen LogP contribution < -0.4 is 0 Å². The van der Waals surface area contributed by atoms with Crippen LogP contribution in [-0.4, -0.2) is 11.0 Å². The lowest BCUT2D eigenvalue weighted by atomic mass is 10.1. The van der Waals surface area contributed by atoms with Gasteiger partial charge in [-0.1, -0.05) is 36.9 Å². The Hall–Kier alpha value is -2.55. The minimum absolute atomic E-state index is 0.261. The molecule has 0 spiro atoms. The zero-order chi connectivity index (χ0) is 14.1. The largest absolute Gasteiger partial charge is 0.457 e. The number of fused-ring (bicyclic) bond motifs is 3. The lowest BCUT2D eigenvalue weighted by molar-refractivity contribution is -0.140. The maximum atomic E-state index is 11.4. The Morgan fingerprint density at radius 1 is 1.15 bits per heavy atom. The van der Waals surface area contributed by atoms with Gasteiger partial charge < -0.3 is 9.72 Å². The van der Waals surface area contributed by atoms with Crippen LogP contribution in [0.3, 0.4) is 0 Å². The van der Waals surface area contributed by atoms with E-state index < -0.39 is 0 Å². The maximum Gasteiger partial charge on any atom is 0.333 e. The number of esters is 1. The molecule has 1 N–H and O–H groups in total. The van der Waals surface area contributed by atoms with Crippen LogP contribution in [0.25, 0.3) is 21.8 Å². The first kappa shape index (κ1) is 12.5. The molecule has 1 heterocycles. The van der Waals surface area contributed by atoms with Crippen molar-refractivity contribution in [3.63, 3.8) is 0 Å². The number of benzene rings is 2. The molecule has 0 unspecified atom stereocenters. The fourth-order valence-electron chi connectivity index (χ4n) is 2.26. The van der Waals surface area contributed by atoms with E-state index in [1.165, 1.54) is 10.8 Å². The molecule has 3 aromatic rings. The minimum Gasteiger partial charge on any atom is -0.457 e. The summed E-state index contributed by atoms with van der Waals surface area (Å²) in [5.41, 5.74) is 3.53. The molecule has 3 nitrogen and oxygen atoms in total. The number of nitrogens with one attached hydrogen (secondary N) is 1. The molecule has 0 aliphatic rings. The summed E-state index contributed by atoms with van der Waals surface area (Å²) in [4.78, 5) is 14.8. The lowest BCUT2D eigenvalue weighted by Gasteiger charge is -2.04. The summed E-state index contributed by atoms with van der Waals surface area (Å²) in [7, 11) is 0. The highest BCUT2D eigenvalue weighted by Crippen LogP contribution is 2.26. The monoisotopic (exact) mass is 265 g/mol. The van der Waals surface area contributed by atoms with E-state index in [0.717, 1.165) is 16.6 Å². The van der Waals surface area contributed by atoms with Gasteiger partial charge in [-0.15, -0.1) is 0 Å². The Balaban J connectivity index is 1.93. The Labute approximate surface area is 116 Å². The molecule has 0 saturated heterocycles. The number of carbonyl (C=O) groups excluding carboxylic acids is 1. The molecule has 0 radical (unpaired) electrons. The molecule has 0 bridgehead atoms. The van der Waals surface area contributed by atoms with Gasteiger partial charge in [-0.25, -0.2) is 4.79 Å². The Morgan fingerprint density at radius 3 is 2.70 bits per heavy atom. The van der Waals surface area contributed by atoms with Crippen LogP contribution in [0.5, 0.6) is 0 Å². The molecule has 0 saturated carbocycles. The Kier molecular flexibility index (Phi) is 3.03. The van der Waals surface area contributed by atoms with Gasteiger partial charge in [-0.3, -0.25) is 0 Å². The normalized spacial score (nSPS) is 10.8. The summed E-state index contributed by atoms with van der Waals surface area (Å²) in [6, 6.07) is 14.2. The standard InChI is InChI=1S/C17H15NO2/c1-11(2)17(19)20-10-12-7-8-14-13-5-3-4-6-15(13)18-16(14)9-12/h3-9,18H,1,10H2,2H3. The van der Waals surface area contributed by atoms with E-state index in [4.69, 9.17) is 4.74 Å². The number of ether oxygens (including phenoxy) is 1. The summed E-state index contributed by atoms with van der Waals surface area (Å²) in [5, 5.41) is 2.38. The van der Waals surface area contributed by atoms with Crippen molar-refractivity contribution >= 4 is 27.8 Å². The molecular weight excluding hydrogens is 250 g/mol. The zero-order valence-electron chi connectivity index (χ0n) is 11.3. The van der Waals surface area contributed by atoms with Gasteiger partial charge in [0.25, 0.3) is 0 Å². The van der Waals surface area contributed by atoms with Crippen LogP contribution in [0.2, 0.25) is 0 Å². The zero-order valence-corrected chi connectivity index (χ0v) is 11.3. The van der Waals surface area contributed by atoms with E-state index in [0.29, 0.717) is 5.57 Å². The third kappa shape index (κ3) is 2.18. The quantitative estimate of drug-likeness (QED) is 0.575. The third-order valence-corrected chi connectivity index (χ3v) is 3.29. The molecule has 100 valence electrons. The molecule has 3 rings (SSSR count). The van der Waals surface area contributed by atoms with Crippen LogP contribution >= 0.6 is 0 Å². The van der Waals surface area contributed by atoms with Crippen molar-refractivity contribution in [2.24, 2.45) is 0 Å². The highest BCUT2D eigenvalue weighted by atomic mass is 16.5. The topological polar surface area (TPSA) is 42.1 Å². The third-order valence-electron chi connectivity index (χ3n) is 3.29. The van der Waals surface area contributed by atoms with Crippen molar-refractivity contribution in [1.29, 1.82) is 0 Å². The van der Waals surface area contributed by atoms with Crippen molar-refractivity contribution in [3.05, 3.63) is 60.2 Å². The van der Waals surface area contributed by atoms with E-state index in [2.05, 4.69) is 29.8 Å². The Bertz CT molecular complexity index is 814. The van der Waals surface area contributed by atoms with E-state index in [-0.39, 0.29) is 12.6 Å². The number of aromatic nitrogens is 1. The highest BCUT2D eigenvalue weighted by molar-refractivity contribution is 6.07. The molecular formula is C17H15NO2. The van der Waals surface area contributed by atoms with Crippen LogP contribution in [-0.2, 0) is 16.1 Å². The van der Waals surface area contributed by atoms with Crippen molar-refractivity contribution in [1.82, 2.24) is 4.98 Å². The summed E-state index contributed by atoms with van der Waals surface area (Å²) >= 11 is 0. The predicted molar refractivity (Wildman–Crippen MR) is 80.4 cm³/mol. The van der Waals surface area contributed by atoms with Gasteiger partial charge in [0.1, 0.15) is 6.61 Å². The molecule has 3 heteroatoms. The number of aromatic amines is 1. The van der Waals surface area contributed by atoms with Crippen LogP contribution in [0.1, 0.15) is 12.5 Å². The van der Waals surface area contributed by atoms with Crippen molar-refractivity contribution < 1.29 is 9.53 Å². The van der Waals surface area contributed by atoms with Crippen LogP contribution in [0.15, 0.2) is 54.6 Å². The van der Waals surface area contributed by atoms with E-state index in [1.54, 1.807) is 6.92 Å². The molecule has 2 aromatic carbocycles. The maximum absolute atomic E-state index is 11.4. The number of hydrogen-bond donors (Lipinski definition) is 1. The van der Waals surface area contributed by atoms with E-state index >= 15 is 0 Å². The van der Waals surface area contributed by atoms with Gasteiger partial charge in [0.2, 0.25) is 0 Å². The first-order valence-corrected chi connectivity index (χ1v) is 6.47. The SMILES string of the molecule is C=C(C)C(=O)OCc1ccc2c(c1)[nH]c1ccccc12. The first-order valence-electron chi connectivity index (χ1n) is 6.47. The molecule has 1 aromatic heterocycles. The summed E-state index contributed by atoms with van der Waals surface area (Å²) < 4.78 is 5.16. The number of carbonyl (C=O) groups is 1. The van der Waals surface area contributed by atoms with E-state index in [9.17, 15) is 4.79 Å². The molecule has 0 atom stereocenters. The van der Waals surface area contributed by atoms with Gasteiger partial charge in [-0.2, -0.15) is 0 Å². The number of para-hydroxylation sites is 1. The second-order valence-corrected chi connectivity index (χ2v) is 4.91. The fourth-order valence-corrected chi connectivity index (χ4v) is 2.26. The van der Waals surface area contributed by atoms with Gasteiger partial charge in [0.15, 0.2) is 0 Å². The molecule has 20 heavy (non-hydrogen) atoms. The molecule has 0 fully saturated rings. The fraction of sp³-hybridized carbons (Fsp3) is 0.118. The van der Waals surface area contributed by atoms with Gasteiger partial charge in [0, 0.05) is 27.4 Å². The number of H-pyrrole nitrogens is 1. The number of rotatable bonds is 3. The van der Waals surface area contributed by atoms with E-state index in [1.807, 2.05) is 24.3 Å². The molecule has 0 amide bonds. The van der Waals surface area contributed by atoms with Gasteiger partial charge >= 0.3 is 5.97 Å². The average molecular weight is 265 g/mol. The van der Waals surface area contributed by atoms with Crippen LogP contribution in [0, 0.1) is 0 Å².